The highest BCUT2D eigenvalue weighted by molar-refractivity contribution is 8.22. The third kappa shape index (κ3) is 4.84. The molecule has 1 saturated heterocycles. The average molecular weight is 246 g/mol. The van der Waals surface area contributed by atoms with Crippen LogP contribution in [0.3, 0.4) is 0 Å². The average Bonchev–Trinajstić information content (AvgIpc) is 2.70. The van der Waals surface area contributed by atoms with Crippen LogP contribution in [-0.4, -0.2) is 40.5 Å². The fourth-order valence-electron chi connectivity index (χ4n) is 1.51. The van der Waals surface area contributed by atoms with E-state index in [9.17, 15) is 4.79 Å². The van der Waals surface area contributed by atoms with Gasteiger partial charge in [-0.05, 0) is 19.8 Å². The lowest BCUT2D eigenvalue weighted by molar-refractivity contribution is -0.120. The van der Waals surface area contributed by atoms with Crippen molar-refractivity contribution in [2.75, 3.05) is 25.4 Å². The lowest BCUT2D eigenvalue weighted by atomic mass is 10.4. The fraction of sp³-hybridized carbons (Fsp3) is 0.800. The number of hydrogen-bond donors (Lipinski definition) is 1. The molecule has 1 N–H and O–H groups in total. The Bertz CT molecular complexity index is 227. The van der Waals surface area contributed by atoms with E-state index in [1.807, 2.05) is 6.92 Å². The largest absolute Gasteiger partial charge is 0.358 e. The van der Waals surface area contributed by atoms with Gasteiger partial charge >= 0.3 is 0 Å². The van der Waals surface area contributed by atoms with Gasteiger partial charge in [-0.25, -0.2) is 0 Å². The second-order valence-corrected chi connectivity index (χ2v) is 5.24. The van der Waals surface area contributed by atoms with Crippen molar-refractivity contribution in [1.29, 1.82) is 0 Å². The van der Waals surface area contributed by atoms with Crippen LogP contribution < -0.4 is 5.32 Å². The normalized spacial score (nSPS) is 15.4. The monoisotopic (exact) mass is 246 g/mol. The molecule has 1 aliphatic rings. The minimum absolute atomic E-state index is 0.120. The second-order valence-electron chi connectivity index (χ2n) is 3.51. The van der Waals surface area contributed by atoms with Gasteiger partial charge in [0.25, 0.3) is 0 Å². The molecule has 86 valence electrons. The van der Waals surface area contributed by atoms with Gasteiger partial charge in [0, 0.05) is 31.8 Å². The first-order chi connectivity index (χ1) is 7.24. The predicted octanol–water partition coefficient (Wildman–Crippen LogP) is 1.63. The lowest BCUT2D eigenvalue weighted by Gasteiger charge is -2.17. The summed E-state index contributed by atoms with van der Waals surface area (Å²) in [6, 6.07) is 0. The Labute approximate surface area is 101 Å². The van der Waals surface area contributed by atoms with Gasteiger partial charge in [-0.2, -0.15) is 0 Å². The van der Waals surface area contributed by atoms with Gasteiger partial charge in [-0.1, -0.05) is 24.0 Å². The molecule has 0 bridgehead atoms. The number of thioether (sulfide) groups is 1. The molecule has 0 spiro atoms. The summed E-state index contributed by atoms with van der Waals surface area (Å²) >= 11 is 6.91. The van der Waals surface area contributed by atoms with E-state index in [1.165, 1.54) is 12.8 Å². The van der Waals surface area contributed by atoms with Crippen LogP contribution in [-0.2, 0) is 4.79 Å². The zero-order chi connectivity index (χ0) is 11.1. The summed E-state index contributed by atoms with van der Waals surface area (Å²) in [6.07, 6.45) is 3.06. The molecule has 3 nitrogen and oxygen atoms in total. The zero-order valence-electron chi connectivity index (χ0n) is 9.12. The topological polar surface area (TPSA) is 32.3 Å². The summed E-state index contributed by atoms with van der Waals surface area (Å²) in [5.41, 5.74) is 0. The van der Waals surface area contributed by atoms with E-state index in [4.69, 9.17) is 12.2 Å². The highest BCUT2D eigenvalue weighted by atomic mass is 32.2. The molecule has 0 unspecified atom stereocenters. The van der Waals surface area contributed by atoms with Crippen LogP contribution >= 0.6 is 24.0 Å². The molecular formula is C10H18N2OS2. The molecule has 15 heavy (non-hydrogen) atoms. The fourth-order valence-corrected chi connectivity index (χ4v) is 2.77. The highest BCUT2D eigenvalue weighted by Crippen LogP contribution is 2.16. The van der Waals surface area contributed by atoms with Crippen molar-refractivity contribution < 1.29 is 4.79 Å². The van der Waals surface area contributed by atoms with E-state index in [0.717, 1.165) is 23.2 Å². The maximum atomic E-state index is 11.2. The van der Waals surface area contributed by atoms with Gasteiger partial charge in [-0.15, -0.1) is 0 Å². The van der Waals surface area contributed by atoms with Crippen molar-refractivity contribution in [1.82, 2.24) is 10.2 Å². The quantitative estimate of drug-likeness (QED) is 0.764. The van der Waals surface area contributed by atoms with Gasteiger partial charge in [0.1, 0.15) is 4.32 Å². The smallest absolute Gasteiger partial charge is 0.220 e. The minimum Gasteiger partial charge on any atom is -0.358 e. The number of nitrogens with one attached hydrogen (secondary N) is 1. The van der Waals surface area contributed by atoms with Crippen LogP contribution in [0.25, 0.3) is 0 Å². The number of rotatable bonds is 4. The highest BCUT2D eigenvalue weighted by Gasteiger charge is 2.14. The molecule has 1 rings (SSSR count). The predicted molar refractivity (Wildman–Crippen MR) is 69.2 cm³/mol. The molecule has 0 radical (unpaired) electrons. The number of carbonyl (C=O) groups is 1. The molecule has 1 aliphatic heterocycles. The molecule has 0 saturated carbocycles. The van der Waals surface area contributed by atoms with Gasteiger partial charge in [-0.3, -0.25) is 4.79 Å². The van der Waals surface area contributed by atoms with Crippen LogP contribution in [0.15, 0.2) is 0 Å². The summed E-state index contributed by atoms with van der Waals surface area (Å²) in [6.45, 7) is 4.82. The maximum absolute atomic E-state index is 11.2. The summed E-state index contributed by atoms with van der Waals surface area (Å²) in [4.78, 5) is 13.4. The Kier molecular flexibility index (Phi) is 6.02. The Morgan fingerprint density at radius 3 is 2.73 bits per heavy atom. The van der Waals surface area contributed by atoms with E-state index >= 15 is 0 Å². The molecule has 5 heteroatoms. The third-order valence-electron chi connectivity index (χ3n) is 2.29. The van der Waals surface area contributed by atoms with Crippen LogP contribution in [0.5, 0.6) is 0 Å². The van der Waals surface area contributed by atoms with Crippen molar-refractivity contribution >= 4 is 34.2 Å². The van der Waals surface area contributed by atoms with E-state index in [2.05, 4.69) is 10.2 Å². The molecule has 1 amide bonds. The van der Waals surface area contributed by atoms with Crippen LogP contribution in [0, 0.1) is 0 Å². The zero-order valence-corrected chi connectivity index (χ0v) is 10.8. The molecule has 0 aromatic heterocycles. The van der Waals surface area contributed by atoms with Gasteiger partial charge < -0.3 is 10.2 Å². The van der Waals surface area contributed by atoms with Crippen molar-refractivity contribution in [3.8, 4) is 0 Å². The lowest BCUT2D eigenvalue weighted by Crippen LogP contribution is -2.25. The molecule has 0 aromatic carbocycles. The van der Waals surface area contributed by atoms with Gasteiger partial charge in [0.2, 0.25) is 5.91 Å². The van der Waals surface area contributed by atoms with Crippen molar-refractivity contribution in [3.05, 3.63) is 0 Å². The minimum atomic E-state index is 0.120. The van der Waals surface area contributed by atoms with E-state index < -0.39 is 0 Å². The molecule has 0 aromatic rings. The number of carbonyl (C=O) groups excluding carboxylic acids is 1. The number of likely N-dealkylation sites (tertiary alicyclic amines) is 1. The summed E-state index contributed by atoms with van der Waals surface area (Å²) in [5.74, 6) is 0.912. The number of hydrogen-bond acceptors (Lipinski definition) is 3. The summed E-state index contributed by atoms with van der Waals surface area (Å²) < 4.78 is 0.955. The Balaban J connectivity index is 2.08. The Morgan fingerprint density at radius 1 is 1.47 bits per heavy atom. The first kappa shape index (κ1) is 12.8. The summed E-state index contributed by atoms with van der Waals surface area (Å²) in [5, 5.41) is 2.78. The van der Waals surface area contributed by atoms with E-state index in [1.54, 1.807) is 11.8 Å². The molecule has 0 aliphatic carbocycles. The Morgan fingerprint density at radius 2 is 2.13 bits per heavy atom. The number of amides is 1. The number of thiocarbonyl (C=S) groups is 1. The molecule has 1 fully saturated rings. The van der Waals surface area contributed by atoms with Gasteiger partial charge in [0.05, 0.1) is 0 Å². The second kappa shape index (κ2) is 7.06. The molecular weight excluding hydrogens is 228 g/mol. The SMILES string of the molecule is CCNC(=O)CCSC(=S)N1CCCC1. The standard InChI is InChI=1S/C10H18N2OS2/c1-2-11-9(13)5-8-15-10(14)12-6-3-4-7-12/h2-8H2,1H3,(H,11,13). The molecule has 0 atom stereocenters. The number of nitrogens with zero attached hydrogens (tertiary/aromatic N) is 1. The van der Waals surface area contributed by atoms with Crippen LogP contribution in [0.4, 0.5) is 0 Å². The molecule has 1 heterocycles. The van der Waals surface area contributed by atoms with Crippen LogP contribution in [0.2, 0.25) is 0 Å². The van der Waals surface area contributed by atoms with E-state index in [-0.39, 0.29) is 5.91 Å². The third-order valence-corrected chi connectivity index (χ3v) is 3.82. The summed E-state index contributed by atoms with van der Waals surface area (Å²) in [7, 11) is 0. The van der Waals surface area contributed by atoms with Crippen molar-refractivity contribution in [2.24, 2.45) is 0 Å². The van der Waals surface area contributed by atoms with Crippen molar-refractivity contribution in [2.45, 2.75) is 26.2 Å². The Hall–Kier alpha value is -0.290. The first-order valence-corrected chi connectivity index (χ1v) is 6.82. The first-order valence-electron chi connectivity index (χ1n) is 5.42. The maximum Gasteiger partial charge on any atom is 0.220 e. The van der Waals surface area contributed by atoms with E-state index in [0.29, 0.717) is 13.0 Å². The van der Waals surface area contributed by atoms with Crippen LogP contribution in [0.1, 0.15) is 26.2 Å². The van der Waals surface area contributed by atoms with Crippen molar-refractivity contribution in [3.63, 3.8) is 0 Å². The van der Waals surface area contributed by atoms with Gasteiger partial charge in [0.15, 0.2) is 0 Å².